The molecule has 0 bridgehead atoms. The van der Waals surface area contributed by atoms with Crippen molar-refractivity contribution in [2.75, 3.05) is 29.2 Å². The molecule has 4 aromatic rings. The van der Waals surface area contributed by atoms with Gasteiger partial charge in [-0.3, -0.25) is 23.7 Å². The number of amides is 3. The van der Waals surface area contributed by atoms with Gasteiger partial charge in [0, 0.05) is 36.3 Å². The van der Waals surface area contributed by atoms with Crippen LogP contribution < -0.4 is 20.0 Å². The van der Waals surface area contributed by atoms with Gasteiger partial charge < -0.3 is 10.2 Å². The predicted molar refractivity (Wildman–Crippen MR) is 168 cm³/mol. The van der Waals surface area contributed by atoms with E-state index in [-0.39, 0.29) is 6.54 Å². The summed E-state index contributed by atoms with van der Waals surface area (Å²) in [6, 6.07) is 18.9. The highest BCUT2D eigenvalue weighted by molar-refractivity contribution is 8.00. The molecule has 232 valence electrons. The van der Waals surface area contributed by atoms with Gasteiger partial charge in [-0.15, -0.1) is 0 Å². The van der Waals surface area contributed by atoms with Crippen LogP contribution in [0.1, 0.15) is 27.5 Å². The number of carbonyl (C=O) groups is 3. The summed E-state index contributed by atoms with van der Waals surface area (Å²) in [4.78, 5) is 57.1. The van der Waals surface area contributed by atoms with Gasteiger partial charge in [0.2, 0.25) is 17.7 Å². The van der Waals surface area contributed by atoms with Crippen LogP contribution in [0.25, 0.3) is 0 Å². The van der Waals surface area contributed by atoms with Gasteiger partial charge in [0.1, 0.15) is 11.8 Å². The number of fused-ring (bicyclic) bond motifs is 2. The molecule has 2 aliphatic rings. The number of thioether (sulfide) groups is 1. The Kier molecular flexibility index (Phi) is 7.86. The number of hydrogen-bond acceptors (Lipinski definition) is 7. The minimum atomic E-state index is -4.80. The standard InChI is InChI=1S/C32H27F3N4O4S2/c1-17-8-4-6-10-21(17)36-23(40)16-38-30-27(45-31(38)43)24(18-12-14-19(15-13-18)37(2)3)25-26(44-30)29(42)39(28(25)41)22-11-7-5-9-20(22)32(33,34)35/h4-15,24-26H,16H2,1-3H3,(H,36,40). The molecule has 3 atom stereocenters. The third-order valence-electron chi connectivity index (χ3n) is 7.99. The molecule has 0 aliphatic carbocycles. The summed E-state index contributed by atoms with van der Waals surface area (Å²) in [5.74, 6) is -3.92. The van der Waals surface area contributed by atoms with E-state index in [0.717, 1.165) is 46.5 Å². The van der Waals surface area contributed by atoms with Crippen LogP contribution in [0.5, 0.6) is 0 Å². The fourth-order valence-corrected chi connectivity index (χ4v) is 8.56. The molecule has 1 saturated heterocycles. The average molecular weight is 653 g/mol. The molecule has 3 unspecified atom stereocenters. The van der Waals surface area contributed by atoms with Crippen molar-refractivity contribution in [2.24, 2.45) is 5.92 Å². The first-order chi connectivity index (χ1) is 21.4. The Morgan fingerprint density at radius 3 is 2.27 bits per heavy atom. The number of benzene rings is 3. The normalized spacial score (nSPS) is 19.3. The van der Waals surface area contributed by atoms with Crippen LogP contribution in [-0.4, -0.2) is 41.6 Å². The number of alkyl halides is 3. The highest BCUT2D eigenvalue weighted by Gasteiger charge is 2.57. The summed E-state index contributed by atoms with van der Waals surface area (Å²) >= 11 is 1.82. The van der Waals surface area contributed by atoms with E-state index in [1.54, 1.807) is 24.3 Å². The number of halogens is 3. The second kappa shape index (κ2) is 11.5. The minimum Gasteiger partial charge on any atom is -0.378 e. The zero-order valence-electron chi connectivity index (χ0n) is 24.3. The van der Waals surface area contributed by atoms with E-state index in [9.17, 15) is 32.3 Å². The monoisotopic (exact) mass is 652 g/mol. The van der Waals surface area contributed by atoms with Crippen molar-refractivity contribution in [3.05, 3.63) is 104 Å². The summed E-state index contributed by atoms with van der Waals surface area (Å²) in [5, 5.41) is 2.04. The lowest BCUT2D eigenvalue weighted by atomic mass is 9.83. The molecule has 1 N–H and O–H groups in total. The second-order valence-corrected chi connectivity index (χ2v) is 13.2. The van der Waals surface area contributed by atoms with E-state index < -0.39 is 57.1 Å². The number of aryl methyl sites for hydroxylation is 1. The van der Waals surface area contributed by atoms with E-state index in [1.807, 2.05) is 50.2 Å². The maximum atomic E-state index is 14.1. The number of nitrogens with one attached hydrogen (secondary N) is 1. The number of anilines is 3. The molecule has 2 aliphatic heterocycles. The van der Waals surface area contributed by atoms with Crippen LogP contribution in [0.3, 0.4) is 0 Å². The van der Waals surface area contributed by atoms with Gasteiger partial charge in [-0.05, 0) is 48.4 Å². The van der Waals surface area contributed by atoms with E-state index in [0.29, 0.717) is 26.1 Å². The molecule has 0 spiro atoms. The van der Waals surface area contributed by atoms with Crippen LogP contribution in [0.4, 0.5) is 30.2 Å². The minimum absolute atomic E-state index is 0.347. The quantitative estimate of drug-likeness (QED) is 0.268. The number of nitrogens with zero attached hydrogens (tertiary/aromatic N) is 3. The molecule has 6 rings (SSSR count). The zero-order valence-corrected chi connectivity index (χ0v) is 25.9. The van der Waals surface area contributed by atoms with Crippen LogP contribution >= 0.6 is 23.1 Å². The molecule has 45 heavy (non-hydrogen) atoms. The van der Waals surface area contributed by atoms with Gasteiger partial charge in [-0.25, -0.2) is 4.90 Å². The lowest BCUT2D eigenvalue weighted by molar-refractivity contribution is -0.137. The van der Waals surface area contributed by atoms with Gasteiger partial charge in [0.05, 0.1) is 22.2 Å². The van der Waals surface area contributed by atoms with Gasteiger partial charge in [0.25, 0.3) is 0 Å². The average Bonchev–Trinajstić information content (AvgIpc) is 3.44. The highest BCUT2D eigenvalue weighted by Crippen LogP contribution is 2.54. The molecular formula is C32H27F3N4O4S2. The second-order valence-electron chi connectivity index (χ2n) is 11.0. The predicted octanol–water partition coefficient (Wildman–Crippen LogP) is 5.74. The SMILES string of the molecule is Cc1ccccc1NC(=O)Cn1c2c(sc1=O)C(c1ccc(N(C)C)cc1)C1C(=O)N(c3ccccc3C(F)(F)F)C(=O)C1S2. The Hall–Kier alpha value is -4.36. The smallest absolute Gasteiger partial charge is 0.378 e. The molecular weight excluding hydrogens is 626 g/mol. The fraction of sp³-hybridized carbons (Fsp3) is 0.250. The van der Waals surface area contributed by atoms with Crippen molar-refractivity contribution in [3.8, 4) is 0 Å². The van der Waals surface area contributed by atoms with Crippen molar-refractivity contribution in [2.45, 2.75) is 35.8 Å². The molecule has 0 saturated carbocycles. The van der Waals surface area contributed by atoms with Gasteiger partial charge in [-0.1, -0.05) is 65.6 Å². The number of aromatic nitrogens is 1. The van der Waals surface area contributed by atoms with Crippen LogP contribution in [0.2, 0.25) is 0 Å². The number of thiazole rings is 1. The molecule has 0 radical (unpaired) electrons. The van der Waals surface area contributed by atoms with Crippen molar-refractivity contribution in [1.82, 2.24) is 4.57 Å². The summed E-state index contributed by atoms with van der Waals surface area (Å²) < 4.78 is 43.3. The third kappa shape index (κ3) is 5.44. The van der Waals surface area contributed by atoms with Crippen molar-refractivity contribution >= 4 is 57.9 Å². The first kappa shape index (κ1) is 30.7. The van der Waals surface area contributed by atoms with Crippen molar-refractivity contribution in [3.63, 3.8) is 0 Å². The topological polar surface area (TPSA) is 91.7 Å². The number of para-hydroxylation sites is 2. The maximum Gasteiger partial charge on any atom is 0.418 e. The first-order valence-electron chi connectivity index (χ1n) is 13.9. The van der Waals surface area contributed by atoms with E-state index in [4.69, 9.17) is 0 Å². The molecule has 8 nitrogen and oxygen atoms in total. The van der Waals surface area contributed by atoms with Crippen LogP contribution in [0, 0.1) is 12.8 Å². The Labute approximate surface area is 264 Å². The molecule has 13 heteroatoms. The van der Waals surface area contributed by atoms with Gasteiger partial charge in [0.15, 0.2) is 0 Å². The first-order valence-corrected chi connectivity index (χ1v) is 15.6. The summed E-state index contributed by atoms with van der Waals surface area (Å²) in [6.07, 6.45) is -4.80. The third-order valence-corrected chi connectivity index (χ3v) is 10.6. The molecule has 3 amide bonds. The number of rotatable bonds is 6. The van der Waals surface area contributed by atoms with Crippen LogP contribution in [0.15, 0.2) is 82.6 Å². The molecule has 1 aromatic heterocycles. The molecule has 3 aromatic carbocycles. The number of carbonyl (C=O) groups excluding carboxylic acids is 3. The summed E-state index contributed by atoms with van der Waals surface area (Å²) in [6.45, 7) is 1.49. The Morgan fingerprint density at radius 1 is 0.933 bits per heavy atom. The Bertz CT molecular complexity index is 1880. The van der Waals surface area contributed by atoms with E-state index in [1.165, 1.54) is 16.7 Å². The number of hydrogen-bond donors (Lipinski definition) is 1. The van der Waals surface area contributed by atoms with E-state index in [2.05, 4.69) is 5.32 Å². The lowest BCUT2D eigenvalue weighted by Gasteiger charge is -2.31. The van der Waals surface area contributed by atoms with Crippen molar-refractivity contribution < 1.29 is 27.6 Å². The highest BCUT2D eigenvalue weighted by atomic mass is 32.2. The number of imide groups is 1. The largest absolute Gasteiger partial charge is 0.418 e. The van der Waals surface area contributed by atoms with Gasteiger partial charge in [-0.2, -0.15) is 13.2 Å². The van der Waals surface area contributed by atoms with Crippen LogP contribution in [-0.2, 0) is 27.1 Å². The summed E-state index contributed by atoms with van der Waals surface area (Å²) in [7, 11) is 3.73. The maximum absolute atomic E-state index is 14.1. The fourth-order valence-electron chi connectivity index (χ4n) is 5.79. The zero-order chi connectivity index (χ0) is 32.2. The Balaban J connectivity index is 1.44. The lowest BCUT2D eigenvalue weighted by Crippen LogP contribution is -2.33. The van der Waals surface area contributed by atoms with Crippen molar-refractivity contribution in [1.29, 1.82) is 0 Å². The van der Waals surface area contributed by atoms with Gasteiger partial charge >= 0.3 is 11.0 Å². The Morgan fingerprint density at radius 2 is 1.60 bits per heavy atom. The molecule has 3 heterocycles. The van der Waals surface area contributed by atoms with E-state index >= 15 is 0 Å². The molecule has 1 fully saturated rings. The summed E-state index contributed by atoms with van der Waals surface area (Å²) in [5.41, 5.74) is 1.29.